The molecule has 0 saturated carbocycles. The molecule has 0 aliphatic carbocycles. The molecule has 0 aliphatic heterocycles. The molecule has 0 atom stereocenters. The van der Waals surface area contributed by atoms with Crippen molar-refractivity contribution in [2.24, 2.45) is 0 Å². The summed E-state index contributed by atoms with van der Waals surface area (Å²) in [5, 5.41) is 0. The van der Waals surface area contributed by atoms with E-state index in [-0.39, 0.29) is 22.8 Å². The highest BCUT2D eigenvalue weighted by Crippen LogP contribution is 2.18. The van der Waals surface area contributed by atoms with Crippen LogP contribution in [0.3, 0.4) is 0 Å². The van der Waals surface area contributed by atoms with E-state index in [0.717, 1.165) is 4.31 Å². The first-order valence-corrected chi connectivity index (χ1v) is 8.18. The van der Waals surface area contributed by atoms with Gasteiger partial charge >= 0.3 is 5.97 Å². The van der Waals surface area contributed by atoms with Gasteiger partial charge < -0.3 is 4.74 Å². The topological polar surface area (TPSA) is 63.7 Å². The Labute approximate surface area is 134 Å². The Balaban J connectivity index is 2.19. The van der Waals surface area contributed by atoms with Crippen LogP contribution < -0.4 is 0 Å². The zero-order chi connectivity index (χ0) is 17.0. The van der Waals surface area contributed by atoms with E-state index in [1.54, 1.807) is 0 Å². The lowest BCUT2D eigenvalue weighted by Crippen LogP contribution is -2.26. The molecule has 23 heavy (non-hydrogen) atoms. The summed E-state index contributed by atoms with van der Waals surface area (Å²) >= 11 is 0. The SMILES string of the molecule is COC(=O)c1ccc(S(=O)(=O)N(C)Cc2ccc(F)cc2)cc1. The van der Waals surface area contributed by atoms with Crippen molar-refractivity contribution in [3.8, 4) is 0 Å². The number of nitrogens with zero attached hydrogens (tertiary/aromatic N) is 1. The van der Waals surface area contributed by atoms with Gasteiger partial charge in [0.1, 0.15) is 5.82 Å². The lowest BCUT2D eigenvalue weighted by atomic mass is 10.2. The third-order valence-electron chi connectivity index (χ3n) is 3.30. The third-order valence-corrected chi connectivity index (χ3v) is 5.12. The molecule has 2 aromatic rings. The van der Waals surface area contributed by atoms with Crippen LogP contribution in [0.15, 0.2) is 53.4 Å². The first-order chi connectivity index (χ1) is 10.8. The highest BCUT2D eigenvalue weighted by Gasteiger charge is 2.21. The predicted octanol–water partition coefficient (Wildman–Crippen LogP) is 2.43. The second-order valence-corrected chi connectivity index (χ2v) is 6.95. The standard InChI is InChI=1S/C16H16FNO4S/c1-18(11-12-3-7-14(17)8-4-12)23(20,21)15-9-5-13(6-10-15)16(19)22-2/h3-10H,11H2,1-2H3. The van der Waals surface area contributed by atoms with E-state index >= 15 is 0 Å². The quantitative estimate of drug-likeness (QED) is 0.786. The highest BCUT2D eigenvalue weighted by atomic mass is 32.2. The molecule has 0 aromatic heterocycles. The maximum atomic E-state index is 12.9. The molecule has 0 spiro atoms. The Morgan fingerprint density at radius 2 is 1.65 bits per heavy atom. The van der Waals surface area contributed by atoms with Crippen LogP contribution in [0.4, 0.5) is 4.39 Å². The predicted molar refractivity (Wildman–Crippen MR) is 82.8 cm³/mol. The Morgan fingerprint density at radius 3 is 2.17 bits per heavy atom. The van der Waals surface area contributed by atoms with Crippen molar-refractivity contribution < 1.29 is 22.3 Å². The van der Waals surface area contributed by atoms with Crippen LogP contribution in [-0.2, 0) is 21.3 Å². The Kier molecular flexibility index (Phi) is 5.12. The van der Waals surface area contributed by atoms with Crippen molar-refractivity contribution in [1.82, 2.24) is 4.31 Å². The molecule has 5 nitrogen and oxygen atoms in total. The minimum Gasteiger partial charge on any atom is -0.465 e. The fourth-order valence-electron chi connectivity index (χ4n) is 1.99. The summed E-state index contributed by atoms with van der Waals surface area (Å²) in [6, 6.07) is 11.1. The summed E-state index contributed by atoms with van der Waals surface area (Å²) in [6.07, 6.45) is 0. The molecular formula is C16H16FNO4S. The summed E-state index contributed by atoms with van der Waals surface area (Å²) < 4.78 is 43.6. The van der Waals surface area contributed by atoms with Gasteiger partial charge in [-0.05, 0) is 42.0 Å². The molecule has 0 fully saturated rings. The van der Waals surface area contributed by atoms with Gasteiger partial charge in [0.25, 0.3) is 0 Å². The van der Waals surface area contributed by atoms with E-state index in [4.69, 9.17) is 0 Å². The van der Waals surface area contributed by atoms with E-state index in [2.05, 4.69) is 4.74 Å². The van der Waals surface area contributed by atoms with Crippen LogP contribution in [0, 0.1) is 5.82 Å². The first kappa shape index (κ1) is 17.1. The van der Waals surface area contributed by atoms with Crippen LogP contribution in [0.1, 0.15) is 15.9 Å². The zero-order valence-electron chi connectivity index (χ0n) is 12.7. The van der Waals surface area contributed by atoms with Gasteiger partial charge in [-0.1, -0.05) is 12.1 Å². The minimum atomic E-state index is -3.71. The highest BCUT2D eigenvalue weighted by molar-refractivity contribution is 7.89. The lowest BCUT2D eigenvalue weighted by molar-refractivity contribution is 0.0600. The van der Waals surface area contributed by atoms with Crippen molar-refractivity contribution in [2.75, 3.05) is 14.2 Å². The number of halogens is 1. The summed E-state index contributed by atoms with van der Waals surface area (Å²) in [4.78, 5) is 11.4. The van der Waals surface area contributed by atoms with Gasteiger partial charge in [-0.3, -0.25) is 0 Å². The number of carbonyl (C=O) groups excluding carboxylic acids is 1. The maximum Gasteiger partial charge on any atom is 0.337 e. The Bertz CT molecular complexity index is 786. The van der Waals surface area contributed by atoms with Gasteiger partial charge in [-0.15, -0.1) is 0 Å². The van der Waals surface area contributed by atoms with Crippen molar-refractivity contribution in [3.63, 3.8) is 0 Å². The molecule has 0 N–H and O–H groups in total. The van der Waals surface area contributed by atoms with Gasteiger partial charge in [-0.2, -0.15) is 4.31 Å². The Morgan fingerprint density at radius 1 is 1.09 bits per heavy atom. The van der Waals surface area contributed by atoms with Crippen molar-refractivity contribution >= 4 is 16.0 Å². The van der Waals surface area contributed by atoms with Crippen LogP contribution in [0.5, 0.6) is 0 Å². The van der Waals surface area contributed by atoms with Gasteiger partial charge in [-0.25, -0.2) is 17.6 Å². The van der Waals surface area contributed by atoms with Crippen LogP contribution in [0.2, 0.25) is 0 Å². The number of sulfonamides is 1. The molecule has 0 heterocycles. The summed E-state index contributed by atoms with van der Waals surface area (Å²) in [5.74, 6) is -0.911. The van der Waals surface area contributed by atoms with Crippen LogP contribution in [0.25, 0.3) is 0 Å². The average Bonchev–Trinajstić information content (AvgIpc) is 2.56. The van der Waals surface area contributed by atoms with E-state index in [9.17, 15) is 17.6 Å². The van der Waals surface area contributed by atoms with Crippen LogP contribution >= 0.6 is 0 Å². The van der Waals surface area contributed by atoms with Gasteiger partial charge in [0.2, 0.25) is 10.0 Å². The number of rotatable bonds is 5. The number of ether oxygens (including phenoxy) is 1. The zero-order valence-corrected chi connectivity index (χ0v) is 13.5. The molecule has 0 saturated heterocycles. The molecule has 0 bridgehead atoms. The van der Waals surface area contributed by atoms with E-state index < -0.39 is 16.0 Å². The largest absolute Gasteiger partial charge is 0.465 e. The number of hydrogen-bond acceptors (Lipinski definition) is 4. The van der Waals surface area contributed by atoms with E-state index in [0.29, 0.717) is 5.56 Å². The summed E-state index contributed by atoms with van der Waals surface area (Å²) in [5.41, 5.74) is 0.941. The molecule has 0 radical (unpaired) electrons. The molecule has 122 valence electrons. The Hall–Kier alpha value is -2.25. The smallest absolute Gasteiger partial charge is 0.337 e. The normalized spacial score (nSPS) is 11.5. The number of hydrogen-bond donors (Lipinski definition) is 0. The van der Waals surface area contributed by atoms with Gasteiger partial charge in [0.15, 0.2) is 0 Å². The van der Waals surface area contributed by atoms with Gasteiger partial charge in [0, 0.05) is 13.6 Å². The summed E-state index contributed by atoms with van der Waals surface area (Å²) in [7, 11) is -1.02. The van der Waals surface area contributed by atoms with E-state index in [1.165, 1.54) is 62.7 Å². The average molecular weight is 337 g/mol. The number of esters is 1. The summed E-state index contributed by atoms with van der Waals surface area (Å²) in [6.45, 7) is 0.112. The fraction of sp³-hybridized carbons (Fsp3) is 0.188. The molecule has 0 amide bonds. The second kappa shape index (κ2) is 6.89. The van der Waals surface area contributed by atoms with Gasteiger partial charge in [0.05, 0.1) is 17.6 Å². The third kappa shape index (κ3) is 3.94. The molecule has 7 heteroatoms. The number of methoxy groups -OCH3 is 1. The molecule has 2 aromatic carbocycles. The van der Waals surface area contributed by atoms with Crippen molar-refractivity contribution in [2.45, 2.75) is 11.4 Å². The monoisotopic (exact) mass is 337 g/mol. The van der Waals surface area contributed by atoms with E-state index in [1.807, 2.05) is 0 Å². The van der Waals surface area contributed by atoms with Crippen LogP contribution in [-0.4, -0.2) is 32.8 Å². The molecule has 2 rings (SSSR count). The number of carbonyl (C=O) groups is 1. The first-order valence-electron chi connectivity index (χ1n) is 6.74. The van der Waals surface area contributed by atoms with Crippen molar-refractivity contribution in [3.05, 3.63) is 65.5 Å². The second-order valence-electron chi connectivity index (χ2n) is 4.90. The number of benzene rings is 2. The lowest BCUT2D eigenvalue weighted by Gasteiger charge is -2.17. The van der Waals surface area contributed by atoms with Crippen molar-refractivity contribution in [1.29, 1.82) is 0 Å². The molecule has 0 unspecified atom stereocenters. The fourth-order valence-corrected chi connectivity index (χ4v) is 3.15. The minimum absolute atomic E-state index is 0.0646. The molecule has 0 aliphatic rings. The molecular weight excluding hydrogens is 321 g/mol. The maximum absolute atomic E-state index is 12.9.